The Bertz CT molecular complexity index is 718. The Hall–Kier alpha value is -2.57. The molecule has 1 aliphatic rings. The van der Waals surface area contributed by atoms with E-state index in [-0.39, 0.29) is 0 Å². The molecule has 1 saturated heterocycles. The van der Waals surface area contributed by atoms with Gasteiger partial charge in [0.1, 0.15) is 5.76 Å². The van der Waals surface area contributed by atoms with Gasteiger partial charge in [-0.05, 0) is 36.6 Å². The number of anilines is 1. The SMILES string of the molecule is CN=C(NCc1ccco1)NCC1CCN(c2ccc(F)c(F)c2)C1. The fourth-order valence-electron chi connectivity index (χ4n) is 2.96. The fraction of sp³-hybridized carbons (Fsp3) is 0.389. The summed E-state index contributed by atoms with van der Waals surface area (Å²) in [6.07, 6.45) is 2.62. The Morgan fingerprint density at radius 3 is 2.88 bits per heavy atom. The molecule has 3 rings (SSSR count). The summed E-state index contributed by atoms with van der Waals surface area (Å²) in [6, 6.07) is 7.80. The lowest BCUT2D eigenvalue weighted by Gasteiger charge is -2.19. The van der Waals surface area contributed by atoms with E-state index >= 15 is 0 Å². The van der Waals surface area contributed by atoms with Crippen molar-refractivity contribution in [2.75, 3.05) is 31.6 Å². The predicted molar refractivity (Wildman–Crippen MR) is 93.6 cm³/mol. The minimum Gasteiger partial charge on any atom is -0.467 e. The molecule has 0 amide bonds. The lowest BCUT2D eigenvalue weighted by atomic mass is 10.1. The number of nitrogens with one attached hydrogen (secondary N) is 2. The maximum Gasteiger partial charge on any atom is 0.191 e. The van der Waals surface area contributed by atoms with Crippen LogP contribution in [0.25, 0.3) is 0 Å². The van der Waals surface area contributed by atoms with Crippen LogP contribution in [-0.2, 0) is 6.54 Å². The van der Waals surface area contributed by atoms with E-state index in [9.17, 15) is 8.78 Å². The Morgan fingerprint density at radius 1 is 1.28 bits per heavy atom. The van der Waals surface area contributed by atoms with E-state index in [0.29, 0.717) is 18.4 Å². The summed E-state index contributed by atoms with van der Waals surface area (Å²) < 4.78 is 31.7. The predicted octanol–water partition coefficient (Wildman–Crippen LogP) is 2.75. The van der Waals surface area contributed by atoms with Gasteiger partial charge in [0, 0.05) is 38.4 Å². The number of aliphatic imine (C=N–C) groups is 1. The molecule has 134 valence electrons. The van der Waals surface area contributed by atoms with Crippen molar-refractivity contribution in [1.29, 1.82) is 0 Å². The Morgan fingerprint density at radius 2 is 2.16 bits per heavy atom. The lowest BCUT2D eigenvalue weighted by molar-refractivity contribution is 0.499. The maximum absolute atomic E-state index is 13.4. The lowest BCUT2D eigenvalue weighted by Crippen LogP contribution is -2.39. The van der Waals surface area contributed by atoms with Crippen molar-refractivity contribution in [1.82, 2.24) is 10.6 Å². The van der Waals surface area contributed by atoms with E-state index in [2.05, 4.69) is 20.5 Å². The van der Waals surface area contributed by atoms with Crippen molar-refractivity contribution >= 4 is 11.6 Å². The van der Waals surface area contributed by atoms with Crippen LogP contribution in [0.2, 0.25) is 0 Å². The van der Waals surface area contributed by atoms with Crippen LogP contribution in [0.5, 0.6) is 0 Å². The van der Waals surface area contributed by atoms with E-state index in [1.54, 1.807) is 19.4 Å². The number of benzene rings is 1. The molecule has 25 heavy (non-hydrogen) atoms. The van der Waals surface area contributed by atoms with Crippen molar-refractivity contribution in [3.05, 3.63) is 54.0 Å². The first-order chi connectivity index (χ1) is 12.2. The van der Waals surface area contributed by atoms with Crippen LogP contribution in [0.1, 0.15) is 12.2 Å². The number of rotatable bonds is 5. The highest BCUT2D eigenvalue weighted by Crippen LogP contribution is 2.24. The number of hydrogen-bond donors (Lipinski definition) is 2. The smallest absolute Gasteiger partial charge is 0.191 e. The van der Waals surface area contributed by atoms with Crippen molar-refractivity contribution in [2.24, 2.45) is 10.9 Å². The summed E-state index contributed by atoms with van der Waals surface area (Å²) >= 11 is 0. The zero-order valence-electron chi connectivity index (χ0n) is 14.1. The van der Waals surface area contributed by atoms with E-state index in [0.717, 1.165) is 37.5 Å². The summed E-state index contributed by atoms with van der Waals surface area (Å²) in [4.78, 5) is 6.27. The van der Waals surface area contributed by atoms with Crippen LogP contribution in [0.4, 0.5) is 14.5 Å². The van der Waals surface area contributed by atoms with Crippen molar-refractivity contribution in [2.45, 2.75) is 13.0 Å². The first-order valence-electron chi connectivity index (χ1n) is 8.32. The first-order valence-corrected chi connectivity index (χ1v) is 8.32. The average molecular weight is 348 g/mol. The minimum atomic E-state index is -0.812. The van der Waals surface area contributed by atoms with Crippen LogP contribution in [0.3, 0.4) is 0 Å². The molecule has 1 atom stereocenters. The number of halogens is 2. The first kappa shape index (κ1) is 17.3. The highest BCUT2D eigenvalue weighted by atomic mass is 19.2. The number of nitrogens with zero attached hydrogens (tertiary/aromatic N) is 2. The van der Waals surface area contributed by atoms with Gasteiger partial charge in [-0.1, -0.05) is 0 Å². The normalized spacial score (nSPS) is 17.8. The molecular formula is C18H22F2N4O. The second-order valence-electron chi connectivity index (χ2n) is 6.09. The van der Waals surface area contributed by atoms with Gasteiger partial charge in [-0.2, -0.15) is 0 Å². The van der Waals surface area contributed by atoms with E-state index < -0.39 is 11.6 Å². The van der Waals surface area contributed by atoms with Gasteiger partial charge in [-0.15, -0.1) is 0 Å². The summed E-state index contributed by atoms with van der Waals surface area (Å²) in [5.41, 5.74) is 0.724. The second-order valence-corrected chi connectivity index (χ2v) is 6.09. The molecule has 1 aromatic carbocycles. The van der Waals surface area contributed by atoms with Gasteiger partial charge in [0.25, 0.3) is 0 Å². The van der Waals surface area contributed by atoms with Crippen molar-refractivity contribution < 1.29 is 13.2 Å². The molecule has 1 aromatic heterocycles. The van der Waals surface area contributed by atoms with Gasteiger partial charge >= 0.3 is 0 Å². The molecule has 7 heteroatoms. The molecule has 0 radical (unpaired) electrons. The summed E-state index contributed by atoms with van der Waals surface area (Å²) in [5.74, 6) is 0.348. The van der Waals surface area contributed by atoms with Gasteiger partial charge in [-0.3, -0.25) is 4.99 Å². The molecule has 2 aromatic rings. The van der Waals surface area contributed by atoms with Crippen LogP contribution >= 0.6 is 0 Å². The van der Waals surface area contributed by atoms with E-state index in [4.69, 9.17) is 4.42 Å². The Balaban J connectivity index is 1.46. The maximum atomic E-state index is 13.4. The molecular weight excluding hydrogens is 326 g/mol. The van der Waals surface area contributed by atoms with Gasteiger partial charge in [-0.25, -0.2) is 8.78 Å². The fourth-order valence-corrected chi connectivity index (χ4v) is 2.96. The van der Waals surface area contributed by atoms with Gasteiger partial charge in [0.05, 0.1) is 12.8 Å². The third-order valence-corrected chi connectivity index (χ3v) is 4.35. The number of furan rings is 1. The molecule has 0 spiro atoms. The molecule has 2 N–H and O–H groups in total. The summed E-state index contributed by atoms with van der Waals surface area (Å²) in [5, 5.41) is 6.50. The Kier molecular flexibility index (Phi) is 5.53. The van der Waals surface area contributed by atoms with Gasteiger partial charge in [0.2, 0.25) is 0 Å². The molecule has 5 nitrogen and oxygen atoms in total. The topological polar surface area (TPSA) is 52.8 Å². The molecule has 1 aliphatic heterocycles. The largest absolute Gasteiger partial charge is 0.467 e. The average Bonchev–Trinajstić information content (AvgIpc) is 3.29. The van der Waals surface area contributed by atoms with Gasteiger partial charge in [0.15, 0.2) is 17.6 Å². The monoisotopic (exact) mass is 348 g/mol. The molecule has 1 unspecified atom stereocenters. The van der Waals surface area contributed by atoms with Crippen molar-refractivity contribution in [3.63, 3.8) is 0 Å². The zero-order valence-corrected chi connectivity index (χ0v) is 14.1. The second kappa shape index (κ2) is 8.00. The van der Waals surface area contributed by atoms with Crippen molar-refractivity contribution in [3.8, 4) is 0 Å². The summed E-state index contributed by atoms with van der Waals surface area (Å²) in [6.45, 7) is 2.96. The van der Waals surface area contributed by atoms with Crippen LogP contribution in [0.15, 0.2) is 46.0 Å². The van der Waals surface area contributed by atoms with Crippen LogP contribution in [-0.4, -0.2) is 32.6 Å². The van der Waals surface area contributed by atoms with Gasteiger partial charge < -0.3 is 20.0 Å². The molecule has 1 fully saturated rings. The standard InChI is InChI=1S/C18H22F2N4O/c1-21-18(23-11-15-3-2-8-25-15)22-10-13-6-7-24(12-13)14-4-5-16(19)17(20)9-14/h2-5,8-9,13H,6-7,10-12H2,1H3,(H2,21,22,23). The highest BCUT2D eigenvalue weighted by Gasteiger charge is 2.23. The molecule has 0 saturated carbocycles. The number of guanidine groups is 1. The Labute approximate surface area is 145 Å². The van der Waals surface area contributed by atoms with Crippen LogP contribution < -0.4 is 15.5 Å². The highest BCUT2D eigenvalue weighted by molar-refractivity contribution is 5.79. The van der Waals surface area contributed by atoms with E-state index in [1.165, 1.54) is 12.1 Å². The minimum absolute atomic E-state index is 0.412. The van der Waals surface area contributed by atoms with Crippen LogP contribution in [0, 0.1) is 17.6 Å². The molecule has 0 aliphatic carbocycles. The number of hydrogen-bond acceptors (Lipinski definition) is 3. The van der Waals surface area contributed by atoms with E-state index in [1.807, 2.05) is 12.1 Å². The third-order valence-electron chi connectivity index (χ3n) is 4.35. The zero-order chi connectivity index (χ0) is 17.6. The third kappa shape index (κ3) is 4.49. The molecule has 2 heterocycles. The quantitative estimate of drug-likeness (QED) is 0.644. The summed E-state index contributed by atoms with van der Waals surface area (Å²) in [7, 11) is 1.72. The molecule has 0 bridgehead atoms.